The van der Waals surface area contributed by atoms with Gasteiger partial charge in [-0.1, -0.05) is 0 Å². The van der Waals surface area contributed by atoms with Gasteiger partial charge in [0.1, 0.15) is 11.3 Å². The molecule has 8 heteroatoms. The minimum atomic E-state index is -1.13. The Morgan fingerprint density at radius 1 is 1.22 bits per heavy atom. The first kappa shape index (κ1) is 19.8. The maximum absolute atomic E-state index is 13.6. The summed E-state index contributed by atoms with van der Waals surface area (Å²) in [5, 5.41) is 3.06. The predicted octanol–water partition coefficient (Wildman–Crippen LogP) is 3.23. The van der Waals surface area contributed by atoms with Crippen molar-refractivity contribution in [1.29, 1.82) is 0 Å². The maximum atomic E-state index is 13.6. The summed E-state index contributed by atoms with van der Waals surface area (Å²) in [4.78, 5) is 11.1. The van der Waals surface area contributed by atoms with Gasteiger partial charge in [-0.3, -0.25) is 4.79 Å². The van der Waals surface area contributed by atoms with Crippen LogP contribution in [0.3, 0.4) is 0 Å². The molecule has 0 amide bonds. The van der Waals surface area contributed by atoms with Crippen LogP contribution in [0.25, 0.3) is 0 Å². The van der Waals surface area contributed by atoms with Crippen LogP contribution in [0.5, 0.6) is 0 Å². The van der Waals surface area contributed by atoms with E-state index >= 15 is 0 Å². The normalized spacial score (nSPS) is 14.8. The second kappa shape index (κ2) is 8.54. The Hall–Kier alpha value is -1.28. The number of hydrogen-bond acceptors (Lipinski definition) is 4. The van der Waals surface area contributed by atoms with Gasteiger partial charge in [0.25, 0.3) is 6.47 Å². The molecular formula is C15H20BrF3N2O2. The zero-order valence-electron chi connectivity index (χ0n) is 13.3. The SMILES string of the molecule is CC(C)(C)OC=O.Fc1cc(Br)c(F)c(F)c1N1CCNCC1. The topological polar surface area (TPSA) is 41.6 Å². The molecule has 1 aromatic rings. The summed E-state index contributed by atoms with van der Waals surface area (Å²) in [5.74, 6) is -2.92. The molecule has 23 heavy (non-hydrogen) atoms. The summed E-state index contributed by atoms with van der Waals surface area (Å²) in [5.41, 5.74) is -0.593. The Kier molecular flexibility index (Phi) is 7.34. The molecule has 0 radical (unpaired) electrons. The number of hydrogen-bond donors (Lipinski definition) is 1. The molecule has 0 atom stereocenters. The van der Waals surface area contributed by atoms with Crippen molar-refractivity contribution in [3.63, 3.8) is 0 Å². The molecular weight excluding hydrogens is 377 g/mol. The fourth-order valence-corrected chi connectivity index (χ4v) is 2.25. The van der Waals surface area contributed by atoms with Crippen LogP contribution >= 0.6 is 15.9 Å². The summed E-state index contributed by atoms with van der Waals surface area (Å²) >= 11 is 2.77. The smallest absolute Gasteiger partial charge is 0.293 e. The highest BCUT2D eigenvalue weighted by Crippen LogP contribution is 2.30. The van der Waals surface area contributed by atoms with Crippen LogP contribution in [0.2, 0.25) is 0 Å². The minimum Gasteiger partial charge on any atom is -0.462 e. The molecule has 1 heterocycles. The number of benzene rings is 1. The van der Waals surface area contributed by atoms with E-state index in [1.807, 2.05) is 20.8 Å². The van der Waals surface area contributed by atoms with Crippen molar-refractivity contribution in [1.82, 2.24) is 5.32 Å². The van der Waals surface area contributed by atoms with Crippen molar-refractivity contribution < 1.29 is 22.7 Å². The van der Waals surface area contributed by atoms with Crippen LogP contribution in [0.4, 0.5) is 18.9 Å². The molecule has 2 rings (SSSR count). The van der Waals surface area contributed by atoms with Gasteiger partial charge in [0.05, 0.1) is 4.47 Å². The second-order valence-electron chi connectivity index (χ2n) is 5.88. The Morgan fingerprint density at radius 3 is 2.22 bits per heavy atom. The molecule has 1 aliphatic rings. The number of nitrogens with one attached hydrogen (secondary N) is 1. The summed E-state index contributed by atoms with van der Waals surface area (Å²) in [6.07, 6.45) is 0. The molecule has 130 valence electrons. The highest BCUT2D eigenvalue weighted by Gasteiger charge is 2.23. The lowest BCUT2D eigenvalue weighted by Crippen LogP contribution is -2.44. The lowest BCUT2D eigenvalue weighted by Gasteiger charge is -2.30. The van der Waals surface area contributed by atoms with Gasteiger partial charge in [0.15, 0.2) is 17.5 Å². The maximum Gasteiger partial charge on any atom is 0.293 e. The fourth-order valence-electron chi connectivity index (χ4n) is 1.88. The van der Waals surface area contributed by atoms with Gasteiger partial charge in [-0.2, -0.15) is 0 Å². The third-order valence-electron chi connectivity index (χ3n) is 2.92. The number of piperazine rings is 1. The van der Waals surface area contributed by atoms with E-state index in [1.54, 1.807) is 0 Å². The van der Waals surface area contributed by atoms with Gasteiger partial charge in [-0.25, -0.2) is 13.2 Å². The monoisotopic (exact) mass is 396 g/mol. The van der Waals surface area contributed by atoms with Crippen LogP contribution in [-0.2, 0) is 9.53 Å². The zero-order valence-corrected chi connectivity index (χ0v) is 14.8. The number of carbonyl (C=O) groups excluding carboxylic acids is 1. The standard InChI is InChI=1S/C10H10BrF3N2.C5H10O2/c11-6-5-7(12)10(9(14)8(6)13)16-3-1-15-2-4-16;1-5(2,3)7-4-6/h5,15H,1-4H2;4H,1-3H3. The Labute approximate surface area is 142 Å². The molecule has 1 aromatic carbocycles. The molecule has 0 spiro atoms. The molecule has 1 aliphatic heterocycles. The molecule has 4 nitrogen and oxygen atoms in total. The molecule has 1 N–H and O–H groups in total. The summed E-state index contributed by atoms with van der Waals surface area (Å²) in [6, 6.07) is 0.954. The third kappa shape index (κ3) is 6.02. The molecule has 1 saturated heterocycles. The number of anilines is 1. The molecule has 0 bridgehead atoms. The van der Waals surface area contributed by atoms with Crippen molar-refractivity contribution in [3.8, 4) is 0 Å². The number of nitrogens with zero attached hydrogens (tertiary/aromatic N) is 1. The number of ether oxygens (including phenoxy) is 1. The quantitative estimate of drug-likeness (QED) is 0.473. The summed E-state index contributed by atoms with van der Waals surface area (Å²) < 4.78 is 44.8. The van der Waals surface area contributed by atoms with E-state index in [2.05, 4.69) is 26.0 Å². The largest absolute Gasteiger partial charge is 0.462 e. The average molecular weight is 397 g/mol. The van der Waals surface area contributed by atoms with E-state index in [0.29, 0.717) is 32.7 Å². The third-order valence-corrected chi connectivity index (χ3v) is 3.50. The van der Waals surface area contributed by atoms with Crippen LogP contribution in [-0.4, -0.2) is 38.3 Å². The van der Waals surface area contributed by atoms with E-state index in [0.717, 1.165) is 6.07 Å². The van der Waals surface area contributed by atoms with Gasteiger partial charge in [0, 0.05) is 26.2 Å². The molecule has 0 unspecified atom stereocenters. The lowest BCUT2D eigenvalue weighted by atomic mass is 10.2. The first-order valence-corrected chi connectivity index (χ1v) is 7.86. The Bertz CT molecular complexity index is 545. The number of carbonyl (C=O) groups is 1. The van der Waals surface area contributed by atoms with Crippen LogP contribution in [0, 0.1) is 17.5 Å². The summed E-state index contributed by atoms with van der Waals surface area (Å²) in [7, 11) is 0. The fraction of sp³-hybridized carbons (Fsp3) is 0.533. The zero-order chi connectivity index (χ0) is 17.6. The van der Waals surface area contributed by atoms with Crippen molar-refractivity contribution >= 4 is 28.1 Å². The van der Waals surface area contributed by atoms with E-state index in [-0.39, 0.29) is 15.8 Å². The second-order valence-corrected chi connectivity index (χ2v) is 6.73. The van der Waals surface area contributed by atoms with E-state index < -0.39 is 17.5 Å². The predicted molar refractivity (Wildman–Crippen MR) is 86.0 cm³/mol. The van der Waals surface area contributed by atoms with E-state index in [9.17, 15) is 18.0 Å². The highest BCUT2D eigenvalue weighted by molar-refractivity contribution is 9.10. The van der Waals surface area contributed by atoms with E-state index in [1.165, 1.54) is 4.90 Å². The Morgan fingerprint density at radius 2 is 1.78 bits per heavy atom. The first-order chi connectivity index (χ1) is 10.7. The van der Waals surface area contributed by atoms with Gasteiger partial charge < -0.3 is 15.0 Å². The minimum absolute atomic E-state index is 0.193. The molecule has 1 fully saturated rings. The van der Waals surface area contributed by atoms with Gasteiger partial charge in [0.2, 0.25) is 0 Å². The molecule has 0 aromatic heterocycles. The molecule has 0 aliphatic carbocycles. The number of rotatable bonds is 2. The van der Waals surface area contributed by atoms with E-state index in [4.69, 9.17) is 0 Å². The van der Waals surface area contributed by atoms with Gasteiger partial charge >= 0.3 is 0 Å². The van der Waals surface area contributed by atoms with Crippen molar-refractivity contribution in [2.45, 2.75) is 26.4 Å². The lowest BCUT2D eigenvalue weighted by molar-refractivity contribution is -0.138. The highest BCUT2D eigenvalue weighted by atomic mass is 79.9. The molecule has 0 saturated carbocycles. The van der Waals surface area contributed by atoms with Crippen LogP contribution in [0.1, 0.15) is 20.8 Å². The van der Waals surface area contributed by atoms with Gasteiger partial charge in [-0.15, -0.1) is 0 Å². The van der Waals surface area contributed by atoms with Crippen LogP contribution < -0.4 is 10.2 Å². The Balaban J connectivity index is 0.000000322. The van der Waals surface area contributed by atoms with Gasteiger partial charge in [-0.05, 0) is 42.8 Å². The van der Waals surface area contributed by atoms with Crippen molar-refractivity contribution in [2.24, 2.45) is 0 Å². The van der Waals surface area contributed by atoms with Crippen LogP contribution in [0.15, 0.2) is 10.5 Å². The number of halogens is 4. The first-order valence-electron chi connectivity index (χ1n) is 7.07. The van der Waals surface area contributed by atoms with Crippen molar-refractivity contribution in [2.75, 3.05) is 31.1 Å². The summed E-state index contributed by atoms with van der Waals surface area (Å²) in [6.45, 7) is 8.13. The van der Waals surface area contributed by atoms with Crippen molar-refractivity contribution in [3.05, 3.63) is 28.0 Å². The average Bonchev–Trinajstić information content (AvgIpc) is 2.45.